The zero-order valence-corrected chi connectivity index (χ0v) is 22.1. The molecule has 1 aliphatic carbocycles. The Labute approximate surface area is 224 Å². The number of aliphatic imine (C=N–C) groups is 2. The molecule has 2 atom stereocenters. The number of fused-ring (bicyclic) bond motifs is 2. The molecule has 188 valence electrons. The maximum atomic E-state index is 12.3. The van der Waals surface area contributed by atoms with E-state index in [1.54, 1.807) is 6.20 Å². The first-order chi connectivity index (χ1) is 17.9. The molecule has 3 aromatic rings. The Morgan fingerprint density at radius 2 is 1.92 bits per heavy atom. The number of para-hydroxylation sites is 1. The number of nitrogens with zero attached hydrogens (tertiary/aromatic N) is 3. The van der Waals surface area contributed by atoms with Crippen LogP contribution in [0.15, 0.2) is 92.8 Å². The maximum absolute atomic E-state index is 12.3. The zero-order chi connectivity index (χ0) is 25.6. The van der Waals surface area contributed by atoms with E-state index in [9.17, 15) is 4.79 Å². The van der Waals surface area contributed by atoms with Crippen molar-refractivity contribution in [3.8, 4) is 0 Å². The van der Waals surface area contributed by atoms with Crippen LogP contribution in [-0.2, 0) is 4.79 Å². The number of primary amides is 1. The van der Waals surface area contributed by atoms with Crippen LogP contribution in [0.5, 0.6) is 0 Å². The van der Waals surface area contributed by atoms with Crippen molar-refractivity contribution in [3.63, 3.8) is 0 Å². The molecule has 1 aromatic heterocycles. The van der Waals surface area contributed by atoms with E-state index < -0.39 is 0 Å². The Morgan fingerprint density at radius 3 is 2.68 bits per heavy atom. The molecular formula is C29H30BrN6O+. The van der Waals surface area contributed by atoms with Crippen molar-refractivity contribution in [1.29, 1.82) is 0 Å². The third kappa shape index (κ3) is 4.39. The van der Waals surface area contributed by atoms with Gasteiger partial charge in [-0.3, -0.25) is 9.79 Å². The Kier molecular flexibility index (Phi) is 6.18. The minimum atomic E-state index is -0.275. The summed E-state index contributed by atoms with van der Waals surface area (Å²) in [4.78, 5) is 25.4. The fraction of sp³-hybridized carbons (Fsp3) is 0.276. The van der Waals surface area contributed by atoms with Crippen LogP contribution in [0.1, 0.15) is 49.3 Å². The number of halogens is 1. The van der Waals surface area contributed by atoms with Crippen LogP contribution in [0, 0.1) is 11.8 Å². The Hall–Kier alpha value is -3.33. The highest BCUT2D eigenvalue weighted by atomic mass is 79.9. The number of carbonyl (C=O) groups excluding carboxylic acids is 1. The van der Waals surface area contributed by atoms with Crippen molar-refractivity contribution < 1.29 is 9.39 Å². The van der Waals surface area contributed by atoms with Gasteiger partial charge in [0.15, 0.2) is 0 Å². The van der Waals surface area contributed by atoms with Crippen LogP contribution in [-0.4, -0.2) is 27.5 Å². The molecule has 2 aliphatic heterocycles. The van der Waals surface area contributed by atoms with Gasteiger partial charge in [-0.05, 0) is 67.9 Å². The first-order valence-electron chi connectivity index (χ1n) is 12.8. The van der Waals surface area contributed by atoms with E-state index in [0.717, 1.165) is 76.0 Å². The zero-order valence-electron chi connectivity index (χ0n) is 20.5. The number of quaternary nitrogens is 1. The molecule has 0 radical (unpaired) electrons. The molecule has 6 rings (SSSR count). The van der Waals surface area contributed by atoms with Gasteiger partial charge in [0.25, 0.3) is 5.84 Å². The number of hydrogen-bond acceptors (Lipinski definition) is 4. The summed E-state index contributed by atoms with van der Waals surface area (Å²) in [7, 11) is 0. The van der Waals surface area contributed by atoms with Gasteiger partial charge in [-0.2, -0.15) is 10.8 Å². The summed E-state index contributed by atoms with van der Waals surface area (Å²) >= 11 is 3.52. The molecule has 3 heterocycles. The van der Waals surface area contributed by atoms with Crippen molar-refractivity contribution in [1.82, 2.24) is 4.98 Å². The third-order valence-corrected chi connectivity index (χ3v) is 8.48. The van der Waals surface area contributed by atoms with Gasteiger partial charge in [0.05, 0.1) is 18.3 Å². The molecule has 7 nitrogen and oxygen atoms in total. The second-order valence-corrected chi connectivity index (χ2v) is 11.2. The number of amidine groups is 1. The van der Waals surface area contributed by atoms with Gasteiger partial charge in [0.1, 0.15) is 17.6 Å². The lowest BCUT2D eigenvalue weighted by atomic mass is 9.75. The summed E-state index contributed by atoms with van der Waals surface area (Å²) in [6.45, 7) is 0. The van der Waals surface area contributed by atoms with Gasteiger partial charge < -0.3 is 10.7 Å². The molecule has 1 saturated carbocycles. The predicted octanol–water partition coefficient (Wildman–Crippen LogP) is 5.61. The fourth-order valence-corrected chi connectivity index (χ4v) is 6.44. The summed E-state index contributed by atoms with van der Waals surface area (Å²) in [6.07, 6.45) is 10.3. The van der Waals surface area contributed by atoms with Gasteiger partial charge in [0, 0.05) is 21.3 Å². The lowest BCUT2D eigenvalue weighted by Crippen LogP contribution is -2.53. The van der Waals surface area contributed by atoms with E-state index in [0.29, 0.717) is 11.8 Å². The van der Waals surface area contributed by atoms with E-state index in [-0.39, 0.29) is 16.4 Å². The van der Waals surface area contributed by atoms with Gasteiger partial charge in [-0.15, -0.1) is 4.59 Å². The lowest BCUT2D eigenvalue weighted by Gasteiger charge is -2.30. The smallest absolute Gasteiger partial charge is 0.281 e. The SMILES string of the molecule is NC(=O)C(CC1CCC(C2=C3C=NC=C[N+]3(N)C(c3cc4ccccc4[nH]3)=N2)CC1)c1cccc(Br)c1. The van der Waals surface area contributed by atoms with E-state index in [1.165, 1.54) is 0 Å². The van der Waals surface area contributed by atoms with E-state index in [2.05, 4.69) is 44.1 Å². The summed E-state index contributed by atoms with van der Waals surface area (Å²) in [5, 5.41) is 1.13. The number of allylic oxidation sites excluding steroid dienone is 2. The van der Waals surface area contributed by atoms with E-state index in [4.69, 9.17) is 16.6 Å². The number of nitrogens with two attached hydrogens (primary N) is 2. The summed E-state index contributed by atoms with van der Waals surface area (Å²) < 4.78 is 0.989. The molecule has 3 aliphatic rings. The van der Waals surface area contributed by atoms with Crippen LogP contribution in [0.4, 0.5) is 0 Å². The number of carbonyl (C=O) groups is 1. The van der Waals surface area contributed by atoms with Gasteiger partial charge in [-0.25, -0.2) is 0 Å². The summed E-state index contributed by atoms with van der Waals surface area (Å²) in [5.41, 5.74) is 10.8. The first-order valence-corrected chi connectivity index (χ1v) is 13.6. The maximum Gasteiger partial charge on any atom is 0.281 e. The molecule has 2 unspecified atom stereocenters. The molecule has 8 heteroatoms. The lowest BCUT2D eigenvalue weighted by molar-refractivity contribution is -0.750. The molecule has 1 amide bonds. The van der Waals surface area contributed by atoms with Gasteiger partial charge >= 0.3 is 0 Å². The number of H-pyrrole nitrogens is 1. The highest BCUT2D eigenvalue weighted by molar-refractivity contribution is 9.10. The summed E-state index contributed by atoms with van der Waals surface area (Å²) in [6, 6.07) is 18.2. The normalized spacial score (nSPS) is 25.8. The number of aromatic nitrogens is 1. The minimum Gasteiger partial charge on any atom is -0.369 e. The van der Waals surface area contributed by atoms with E-state index in [1.807, 2.05) is 48.8 Å². The molecule has 0 saturated heterocycles. The van der Waals surface area contributed by atoms with Crippen molar-refractivity contribution in [3.05, 3.63) is 94.1 Å². The fourth-order valence-electron chi connectivity index (χ4n) is 6.03. The minimum absolute atomic E-state index is 0.0260. The van der Waals surface area contributed by atoms with E-state index >= 15 is 0 Å². The van der Waals surface area contributed by atoms with Gasteiger partial charge in [-0.1, -0.05) is 46.3 Å². The van der Waals surface area contributed by atoms with Crippen molar-refractivity contribution in [2.24, 2.45) is 33.4 Å². The van der Waals surface area contributed by atoms with Crippen molar-refractivity contribution in [2.45, 2.75) is 38.0 Å². The molecule has 0 spiro atoms. The average molecular weight is 559 g/mol. The Balaban J connectivity index is 1.23. The largest absolute Gasteiger partial charge is 0.369 e. The third-order valence-electron chi connectivity index (χ3n) is 7.99. The molecule has 2 aromatic carbocycles. The number of hydrogen-bond donors (Lipinski definition) is 3. The Bertz CT molecular complexity index is 1460. The second-order valence-electron chi connectivity index (χ2n) is 10.3. The quantitative estimate of drug-likeness (QED) is 0.270. The highest BCUT2D eigenvalue weighted by Crippen LogP contribution is 2.43. The summed E-state index contributed by atoms with van der Waals surface area (Å²) in [5.74, 6) is 7.94. The standard InChI is InChI=1S/C29H29BrN6O/c30-22-6-3-5-20(15-22)23(28(31)37)14-18-8-10-19(11-9-18)27-26-17-33-12-13-36(26,32)29(35-27)25-16-21-4-1-2-7-24(21)34-25/h1-7,12-13,15-19,23H,8-11,14,32H2,(H2-,31,33,34,35,37)/p+1. The van der Waals surface area contributed by atoms with Crippen LogP contribution in [0.25, 0.3) is 10.9 Å². The average Bonchev–Trinajstić information content (AvgIpc) is 3.46. The van der Waals surface area contributed by atoms with Crippen LogP contribution >= 0.6 is 15.9 Å². The molecule has 0 bridgehead atoms. The topological polar surface area (TPSA) is 110 Å². The predicted molar refractivity (Wildman–Crippen MR) is 150 cm³/mol. The molecule has 37 heavy (non-hydrogen) atoms. The number of amides is 1. The highest BCUT2D eigenvalue weighted by Gasteiger charge is 2.46. The molecular weight excluding hydrogens is 528 g/mol. The second kappa shape index (κ2) is 9.52. The van der Waals surface area contributed by atoms with Crippen LogP contribution in [0.3, 0.4) is 0 Å². The number of benzene rings is 2. The first kappa shape index (κ1) is 24.0. The molecule has 5 N–H and O–H groups in total. The van der Waals surface area contributed by atoms with Crippen LogP contribution < -0.4 is 11.6 Å². The Morgan fingerprint density at radius 1 is 1.11 bits per heavy atom. The van der Waals surface area contributed by atoms with Crippen molar-refractivity contribution >= 4 is 44.8 Å². The number of nitrogens with one attached hydrogen (secondary N) is 1. The number of aromatic amines is 1. The molecule has 1 fully saturated rings. The van der Waals surface area contributed by atoms with Gasteiger partial charge in [0.2, 0.25) is 11.6 Å². The number of rotatable bonds is 6. The monoisotopic (exact) mass is 557 g/mol. The van der Waals surface area contributed by atoms with Crippen LogP contribution in [0.2, 0.25) is 0 Å². The van der Waals surface area contributed by atoms with Crippen molar-refractivity contribution in [2.75, 3.05) is 0 Å².